The molecule has 1 atom stereocenters. The van der Waals surface area contributed by atoms with Crippen molar-refractivity contribution in [3.8, 4) is 5.75 Å². The summed E-state index contributed by atoms with van der Waals surface area (Å²) in [5.41, 5.74) is 1.12. The smallest absolute Gasteiger partial charge is 0.261 e. The Morgan fingerprint density at radius 3 is 2.61 bits per heavy atom. The molecule has 3 aromatic rings. The molecule has 3 nitrogen and oxygen atoms in total. The van der Waals surface area contributed by atoms with Crippen LogP contribution in [0, 0.1) is 0 Å². The fraction of sp³-hybridized carbons (Fsp3) is 0.261. The van der Waals surface area contributed by atoms with E-state index in [4.69, 9.17) is 16.3 Å². The average molecular weight is 414 g/mol. The van der Waals surface area contributed by atoms with Crippen molar-refractivity contribution in [1.29, 1.82) is 0 Å². The van der Waals surface area contributed by atoms with Crippen LogP contribution in [0.5, 0.6) is 5.75 Å². The molecule has 1 amide bonds. The SMILES string of the molecule is CCC(Oc1ccc2ccccc2c1)C(=O)NCCSCc1ccccc1Cl. The fourth-order valence-electron chi connectivity index (χ4n) is 2.89. The average Bonchev–Trinajstić information content (AvgIpc) is 2.72. The highest BCUT2D eigenvalue weighted by atomic mass is 35.5. The van der Waals surface area contributed by atoms with Crippen LogP contribution in [0.15, 0.2) is 66.7 Å². The number of nitrogens with one attached hydrogen (secondary N) is 1. The second-order valence-electron chi connectivity index (χ2n) is 6.46. The monoisotopic (exact) mass is 413 g/mol. The van der Waals surface area contributed by atoms with Gasteiger partial charge in [-0.3, -0.25) is 4.79 Å². The maximum Gasteiger partial charge on any atom is 0.261 e. The van der Waals surface area contributed by atoms with E-state index in [0.29, 0.717) is 18.7 Å². The van der Waals surface area contributed by atoms with Gasteiger partial charge in [-0.15, -0.1) is 0 Å². The number of amides is 1. The summed E-state index contributed by atoms with van der Waals surface area (Å²) in [6.45, 7) is 2.56. The highest BCUT2D eigenvalue weighted by Gasteiger charge is 2.18. The molecule has 0 aliphatic carbocycles. The first-order valence-corrected chi connectivity index (χ1v) is 10.9. The van der Waals surface area contributed by atoms with E-state index >= 15 is 0 Å². The fourth-order valence-corrected chi connectivity index (χ4v) is 4.03. The molecule has 28 heavy (non-hydrogen) atoms. The highest BCUT2D eigenvalue weighted by molar-refractivity contribution is 7.98. The molecule has 0 bridgehead atoms. The van der Waals surface area contributed by atoms with Gasteiger partial charge in [0.15, 0.2) is 6.10 Å². The molecule has 0 radical (unpaired) electrons. The van der Waals surface area contributed by atoms with Crippen molar-refractivity contribution < 1.29 is 9.53 Å². The molecule has 3 aromatic carbocycles. The molecule has 0 saturated heterocycles. The van der Waals surface area contributed by atoms with E-state index in [1.807, 2.05) is 67.6 Å². The van der Waals surface area contributed by atoms with Crippen molar-refractivity contribution in [2.24, 2.45) is 0 Å². The second-order valence-corrected chi connectivity index (χ2v) is 7.97. The van der Waals surface area contributed by atoms with E-state index in [1.165, 1.54) is 0 Å². The van der Waals surface area contributed by atoms with Crippen LogP contribution < -0.4 is 10.1 Å². The zero-order chi connectivity index (χ0) is 19.8. The van der Waals surface area contributed by atoms with Crippen LogP contribution in [0.25, 0.3) is 10.8 Å². The van der Waals surface area contributed by atoms with Crippen molar-refractivity contribution in [2.75, 3.05) is 12.3 Å². The minimum atomic E-state index is -0.491. The lowest BCUT2D eigenvalue weighted by Crippen LogP contribution is -2.39. The summed E-state index contributed by atoms with van der Waals surface area (Å²) in [6, 6.07) is 21.8. The Labute approximate surface area is 175 Å². The van der Waals surface area contributed by atoms with Gasteiger partial charge < -0.3 is 10.1 Å². The van der Waals surface area contributed by atoms with Crippen molar-refractivity contribution in [3.63, 3.8) is 0 Å². The summed E-state index contributed by atoms with van der Waals surface area (Å²) in [7, 11) is 0. The molecule has 1 N–H and O–H groups in total. The van der Waals surface area contributed by atoms with E-state index in [0.717, 1.165) is 32.9 Å². The van der Waals surface area contributed by atoms with Gasteiger partial charge >= 0.3 is 0 Å². The van der Waals surface area contributed by atoms with E-state index in [2.05, 4.69) is 11.4 Å². The van der Waals surface area contributed by atoms with Crippen molar-refractivity contribution >= 4 is 40.0 Å². The molecule has 3 rings (SSSR count). The highest BCUT2D eigenvalue weighted by Crippen LogP contribution is 2.22. The van der Waals surface area contributed by atoms with Crippen molar-refractivity contribution in [3.05, 3.63) is 77.3 Å². The molecule has 1 unspecified atom stereocenters. The lowest BCUT2D eigenvalue weighted by Gasteiger charge is -2.17. The number of benzene rings is 3. The minimum Gasteiger partial charge on any atom is -0.481 e. The summed E-state index contributed by atoms with van der Waals surface area (Å²) >= 11 is 7.91. The number of fused-ring (bicyclic) bond motifs is 1. The van der Waals surface area contributed by atoms with Crippen LogP contribution >= 0.6 is 23.4 Å². The molecule has 0 saturated carbocycles. The summed E-state index contributed by atoms with van der Waals surface area (Å²) < 4.78 is 5.94. The third kappa shape index (κ3) is 5.66. The predicted molar refractivity (Wildman–Crippen MR) is 119 cm³/mol. The maximum absolute atomic E-state index is 12.5. The second kappa shape index (κ2) is 10.4. The van der Waals surface area contributed by atoms with Gasteiger partial charge in [0.25, 0.3) is 5.91 Å². The molecule has 0 aliphatic rings. The lowest BCUT2D eigenvalue weighted by molar-refractivity contribution is -0.127. The Balaban J connectivity index is 1.45. The van der Waals surface area contributed by atoms with Crippen LogP contribution in [0.2, 0.25) is 5.02 Å². The van der Waals surface area contributed by atoms with Gasteiger partial charge in [-0.1, -0.05) is 67.1 Å². The first-order chi connectivity index (χ1) is 13.7. The number of hydrogen-bond donors (Lipinski definition) is 1. The van der Waals surface area contributed by atoms with Gasteiger partial charge in [0, 0.05) is 23.1 Å². The Morgan fingerprint density at radius 1 is 1.07 bits per heavy atom. The van der Waals surface area contributed by atoms with Gasteiger partial charge in [-0.05, 0) is 41.0 Å². The summed E-state index contributed by atoms with van der Waals surface area (Å²) in [4.78, 5) is 12.5. The van der Waals surface area contributed by atoms with Gasteiger partial charge in [0.05, 0.1) is 0 Å². The lowest BCUT2D eigenvalue weighted by atomic mass is 10.1. The van der Waals surface area contributed by atoms with Crippen LogP contribution in [0.3, 0.4) is 0 Å². The Hall–Kier alpha value is -2.17. The summed E-state index contributed by atoms with van der Waals surface area (Å²) in [5.74, 6) is 2.30. The molecule has 0 aromatic heterocycles. The minimum absolute atomic E-state index is 0.0750. The maximum atomic E-state index is 12.5. The van der Waals surface area contributed by atoms with Gasteiger partial charge in [-0.25, -0.2) is 0 Å². The first kappa shape index (κ1) is 20.6. The third-order valence-electron chi connectivity index (χ3n) is 4.42. The zero-order valence-electron chi connectivity index (χ0n) is 15.9. The topological polar surface area (TPSA) is 38.3 Å². The van der Waals surface area contributed by atoms with E-state index in [1.54, 1.807) is 11.8 Å². The van der Waals surface area contributed by atoms with Gasteiger partial charge in [0.2, 0.25) is 0 Å². The van der Waals surface area contributed by atoms with Crippen molar-refractivity contribution in [2.45, 2.75) is 25.2 Å². The zero-order valence-corrected chi connectivity index (χ0v) is 17.4. The first-order valence-electron chi connectivity index (χ1n) is 9.41. The number of hydrogen-bond acceptors (Lipinski definition) is 3. The number of ether oxygens (including phenoxy) is 1. The third-order valence-corrected chi connectivity index (χ3v) is 5.80. The van der Waals surface area contributed by atoms with Crippen LogP contribution in [0.1, 0.15) is 18.9 Å². The Morgan fingerprint density at radius 2 is 1.82 bits per heavy atom. The van der Waals surface area contributed by atoms with Crippen LogP contribution in [-0.4, -0.2) is 24.3 Å². The van der Waals surface area contributed by atoms with E-state index in [9.17, 15) is 4.79 Å². The van der Waals surface area contributed by atoms with E-state index in [-0.39, 0.29) is 5.91 Å². The number of halogens is 1. The van der Waals surface area contributed by atoms with Crippen LogP contribution in [0.4, 0.5) is 0 Å². The van der Waals surface area contributed by atoms with Crippen LogP contribution in [-0.2, 0) is 10.5 Å². The van der Waals surface area contributed by atoms with Gasteiger partial charge in [-0.2, -0.15) is 11.8 Å². The summed E-state index contributed by atoms with van der Waals surface area (Å²) in [5, 5.41) is 6.02. The number of thioether (sulfide) groups is 1. The number of rotatable bonds is 9. The molecular formula is C23H24ClNO2S. The van der Waals surface area contributed by atoms with E-state index < -0.39 is 6.10 Å². The Bertz CT molecular complexity index is 931. The molecular weight excluding hydrogens is 390 g/mol. The number of carbonyl (C=O) groups excluding carboxylic acids is 1. The number of carbonyl (C=O) groups is 1. The quantitative estimate of drug-likeness (QED) is 0.457. The van der Waals surface area contributed by atoms with Gasteiger partial charge in [0.1, 0.15) is 5.75 Å². The standard InChI is InChI=1S/C23H24ClNO2S/c1-2-22(27-20-12-11-17-7-3-4-8-18(17)15-20)23(26)25-13-14-28-16-19-9-5-6-10-21(19)24/h3-12,15,22H,2,13-14,16H2,1H3,(H,25,26). The Kier molecular flexibility index (Phi) is 7.63. The molecule has 0 aliphatic heterocycles. The predicted octanol–water partition coefficient (Wildman–Crippen LogP) is 5.70. The largest absolute Gasteiger partial charge is 0.481 e. The normalized spacial score (nSPS) is 11.9. The molecule has 0 spiro atoms. The molecule has 0 fully saturated rings. The van der Waals surface area contributed by atoms with Crippen molar-refractivity contribution in [1.82, 2.24) is 5.32 Å². The summed E-state index contributed by atoms with van der Waals surface area (Å²) in [6.07, 6.45) is 0.126. The molecule has 0 heterocycles. The molecule has 5 heteroatoms. The molecule has 146 valence electrons.